The highest BCUT2D eigenvalue weighted by molar-refractivity contribution is 7.20. The van der Waals surface area contributed by atoms with E-state index in [0.717, 1.165) is 35.1 Å². The van der Waals surface area contributed by atoms with Crippen LogP contribution in [0.3, 0.4) is 0 Å². The molecule has 1 aliphatic rings. The van der Waals surface area contributed by atoms with E-state index < -0.39 is 11.6 Å². The maximum absolute atomic E-state index is 13.8. The first-order valence-electron chi connectivity index (χ1n) is 10.1. The lowest BCUT2D eigenvalue weighted by Gasteiger charge is -2.31. The minimum atomic E-state index is -0.692. The molecule has 1 fully saturated rings. The summed E-state index contributed by atoms with van der Waals surface area (Å²) in [5.74, 6) is -0.519. The molecule has 0 bridgehead atoms. The maximum Gasteiger partial charge on any atom is 0.317 e. The highest BCUT2D eigenvalue weighted by Crippen LogP contribution is 2.31. The molecular formula is C22H23F2N3O3S. The molecule has 0 radical (unpaired) electrons. The number of thiazole rings is 1. The van der Waals surface area contributed by atoms with Gasteiger partial charge >= 0.3 is 6.03 Å². The highest BCUT2D eigenvalue weighted by Gasteiger charge is 2.25. The number of urea groups is 1. The number of carbonyl (C=O) groups excluding carboxylic acids is 1. The van der Waals surface area contributed by atoms with E-state index in [2.05, 4.69) is 10.3 Å². The molecule has 2 aromatic carbocycles. The van der Waals surface area contributed by atoms with Crippen LogP contribution in [0.15, 0.2) is 36.4 Å². The molecule has 0 aliphatic carbocycles. The van der Waals surface area contributed by atoms with Crippen molar-refractivity contribution in [2.24, 2.45) is 0 Å². The summed E-state index contributed by atoms with van der Waals surface area (Å²) >= 11 is 1.12. The van der Waals surface area contributed by atoms with E-state index in [-0.39, 0.29) is 17.7 Å². The van der Waals surface area contributed by atoms with Crippen LogP contribution in [-0.2, 0) is 6.42 Å². The number of hydrogen-bond donors (Lipinski definition) is 1. The minimum Gasteiger partial charge on any atom is -0.497 e. The normalized spacial score (nSPS) is 14.6. The number of halogens is 2. The van der Waals surface area contributed by atoms with Crippen LogP contribution in [0.2, 0.25) is 0 Å². The van der Waals surface area contributed by atoms with Crippen LogP contribution in [0.5, 0.6) is 10.9 Å². The van der Waals surface area contributed by atoms with Gasteiger partial charge in [-0.05, 0) is 30.2 Å². The van der Waals surface area contributed by atoms with Crippen LogP contribution in [0.1, 0.15) is 18.4 Å². The number of ether oxygens (including phenoxy) is 2. The molecule has 4 rings (SSSR count). The molecule has 3 aromatic rings. The van der Waals surface area contributed by atoms with Gasteiger partial charge in [0.25, 0.3) is 5.19 Å². The number of hydrogen-bond acceptors (Lipinski definition) is 5. The lowest BCUT2D eigenvalue weighted by Crippen LogP contribution is -2.46. The topological polar surface area (TPSA) is 63.7 Å². The second-order valence-corrected chi connectivity index (χ2v) is 8.34. The molecule has 2 heterocycles. The number of likely N-dealkylation sites (tertiary alicyclic amines) is 1. The summed E-state index contributed by atoms with van der Waals surface area (Å²) in [6.07, 6.45) is 1.93. The van der Waals surface area contributed by atoms with Crippen molar-refractivity contribution in [3.8, 4) is 10.9 Å². The molecular weight excluding hydrogens is 424 g/mol. The number of piperidine rings is 1. The van der Waals surface area contributed by atoms with E-state index in [9.17, 15) is 13.6 Å². The van der Waals surface area contributed by atoms with Crippen molar-refractivity contribution in [2.45, 2.75) is 25.4 Å². The van der Waals surface area contributed by atoms with E-state index in [4.69, 9.17) is 9.47 Å². The molecule has 1 aromatic heterocycles. The SMILES string of the molecule is COc1ccc(CCNC(=O)N2CCC(Oc3nc4c(F)cc(F)cc4s3)CC2)cc1. The average Bonchev–Trinajstić information content (AvgIpc) is 3.17. The fourth-order valence-corrected chi connectivity index (χ4v) is 4.44. The Labute approximate surface area is 182 Å². The van der Waals surface area contributed by atoms with Gasteiger partial charge in [-0.25, -0.2) is 13.6 Å². The van der Waals surface area contributed by atoms with Gasteiger partial charge in [0.05, 0.1) is 11.8 Å². The molecule has 1 N–H and O–H groups in total. The summed E-state index contributed by atoms with van der Waals surface area (Å²) in [5, 5.41) is 3.27. The summed E-state index contributed by atoms with van der Waals surface area (Å²) < 4.78 is 38.6. The Bertz CT molecular complexity index is 1050. The van der Waals surface area contributed by atoms with Gasteiger partial charge in [0.1, 0.15) is 23.2 Å². The Balaban J connectivity index is 1.22. The van der Waals surface area contributed by atoms with Gasteiger partial charge in [-0.1, -0.05) is 23.5 Å². The largest absolute Gasteiger partial charge is 0.497 e. The predicted molar refractivity (Wildman–Crippen MR) is 115 cm³/mol. The van der Waals surface area contributed by atoms with Crippen LogP contribution < -0.4 is 14.8 Å². The molecule has 164 valence electrons. The Morgan fingerprint density at radius 1 is 1.23 bits per heavy atom. The summed E-state index contributed by atoms with van der Waals surface area (Å²) in [6, 6.07) is 9.74. The number of nitrogens with zero attached hydrogens (tertiary/aromatic N) is 2. The van der Waals surface area contributed by atoms with E-state index >= 15 is 0 Å². The third-order valence-corrected chi connectivity index (χ3v) is 6.13. The Hall–Kier alpha value is -2.94. The fraction of sp³-hybridized carbons (Fsp3) is 0.364. The summed E-state index contributed by atoms with van der Waals surface area (Å²) in [7, 11) is 1.63. The first-order valence-corrected chi connectivity index (χ1v) is 10.9. The molecule has 1 saturated heterocycles. The average molecular weight is 448 g/mol. The van der Waals surface area contributed by atoms with Gasteiger partial charge in [0.15, 0.2) is 5.82 Å². The zero-order chi connectivity index (χ0) is 21.8. The minimum absolute atomic E-state index is 0.0931. The van der Waals surface area contributed by atoms with Crippen LogP contribution in [-0.4, -0.2) is 48.8 Å². The third-order valence-electron chi connectivity index (χ3n) is 5.24. The monoisotopic (exact) mass is 447 g/mol. The highest BCUT2D eigenvalue weighted by atomic mass is 32.1. The summed E-state index contributed by atoms with van der Waals surface area (Å²) in [5.41, 5.74) is 1.25. The summed E-state index contributed by atoms with van der Waals surface area (Å²) in [4.78, 5) is 18.3. The maximum atomic E-state index is 13.8. The Morgan fingerprint density at radius 3 is 2.68 bits per heavy atom. The number of aromatic nitrogens is 1. The second-order valence-electron chi connectivity index (χ2n) is 7.35. The molecule has 31 heavy (non-hydrogen) atoms. The first-order chi connectivity index (χ1) is 15.0. The molecule has 0 atom stereocenters. The van der Waals surface area contributed by atoms with Crippen molar-refractivity contribution in [3.05, 3.63) is 53.6 Å². The van der Waals surface area contributed by atoms with Crippen molar-refractivity contribution >= 4 is 27.6 Å². The zero-order valence-electron chi connectivity index (χ0n) is 17.1. The Morgan fingerprint density at radius 2 is 1.97 bits per heavy atom. The number of nitrogens with one attached hydrogen (secondary N) is 1. The third kappa shape index (κ3) is 5.22. The van der Waals surface area contributed by atoms with Crippen LogP contribution in [0.4, 0.5) is 13.6 Å². The van der Waals surface area contributed by atoms with Crippen LogP contribution >= 0.6 is 11.3 Å². The van der Waals surface area contributed by atoms with Gasteiger partial charge in [-0.3, -0.25) is 0 Å². The van der Waals surface area contributed by atoms with Gasteiger partial charge in [-0.2, -0.15) is 4.98 Å². The van der Waals surface area contributed by atoms with Crippen LogP contribution in [0.25, 0.3) is 10.2 Å². The molecule has 0 saturated carbocycles. The number of amides is 2. The van der Waals surface area contributed by atoms with Gasteiger partial charge in [0.2, 0.25) is 0 Å². The van der Waals surface area contributed by atoms with Gasteiger partial charge < -0.3 is 19.7 Å². The van der Waals surface area contributed by atoms with E-state index in [0.29, 0.717) is 42.4 Å². The van der Waals surface area contributed by atoms with Crippen molar-refractivity contribution in [2.75, 3.05) is 26.7 Å². The number of rotatable bonds is 6. The van der Waals surface area contributed by atoms with Crippen LogP contribution in [0, 0.1) is 11.6 Å². The molecule has 9 heteroatoms. The molecule has 6 nitrogen and oxygen atoms in total. The van der Waals surface area contributed by atoms with Gasteiger partial charge in [-0.15, -0.1) is 0 Å². The fourth-order valence-electron chi connectivity index (χ4n) is 3.52. The Kier molecular flexibility index (Phi) is 6.50. The quantitative estimate of drug-likeness (QED) is 0.609. The zero-order valence-corrected chi connectivity index (χ0v) is 17.9. The lowest BCUT2D eigenvalue weighted by atomic mass is 10.1. The van der Waals surface area contributed by atoms with Crippen molar-refractivity contribution in [1.29, 1.82) is 0 Å². The standard InChI is InChI=1S/C22H23F2N3O3S/c1-29-16-4-2-14(3-5-16)6-9-25-21(28)27-10-7-17(8-11-27)30-22-26-20-18(24)12-15(23)13-19(20)31-22/h2-5,12-13,17H,6-11H2,1H3,(H,25,28). The van der Waals surface area contributed by atoms with Crippen molar-refractivity contribution in [1.82, 2.24) is 15.2 Å². The first kappa shape index (κ1) is 21.3. The predicted octanol–water partition coefficient (Wildman–Crippen LogP) is 4.38. The second kappa shape index (κ2) is 9.47. The summed E-state index contributed by atoms with van der Waals surface area (Å²) in [6.45, 7) is 1.68. The lowest BCUT2D eigenvalue weighted by molar-refractivity contribution is 0.111. The van der Waals surface area contributed by atoms with E-state index in [1.807, 2.05) is 24.3 Å². The number of carbonyl (C=O) groups is 1. The molecule has 0 unspecified atom stereocenters. The number of benzene rings is 2. The van der Waals surface area contributed by atoms with Crippen molar-refractivity contribution in [3.63, 3.8) is 0 Å². The number of fused-ring (bicyclic) bond motifs is 1. The van der Waals surface area contributed by atoms with Gasteiger partial charge in [0, 0.05) is 38.5 Å². The number of methoxy groups -OCH3 is 1. The van der Waals surface area contributed by atoms with E-state index in [1.165, 1.54) is 6.07 Å². The molecule has 1 aliphatic heterocycles. The van der Waals surface area contributed by atoms with Crippen molar-refractivity contribution < 1.29 is 23.0 Å². The smallest absolute Gasteiger partial charge is 0.317 e. The molecule has 0 spiro atoms. The van der Waals surface area contributed by atoms with E-state index in [1.54, 1.807) is 12.0 Å². The molecule has 2 amide bonds.